The first-order valence-corrected chi connectivity index (χ1v) is 7.99. The lowest BCUT2D eigenvalue weighted by molar-refractivity contribution is -0.116. The quantitative estimate of drug-likeness (QED) is 0.922. The number of carbonyl (C=O) groups excluding carboxylic acids is 1. The standard InChI is InChI=1S/C14H20N2O2S/c17-13(6-5-10-3-1-2-4-10)16-14-15-11-7-8-18-9-12(11)19-14/h10H,1-9H2,(H,15,16,17). The summed E-state index contributed by atoms with van der Waals surface area (Å²) in [6.45, 7) is 1.39. The lowest BCUT2D eigenvalue weighted by atomic mass is 10.0. The molecule has 1 N–H and O–H groups in total. The molecule has 0 spiro atoms. The second kappa shape index (κ2) is 6.01. The molecule has 1 aliphatic carbocycles. The summed E-state index contributed by atoms with van der Waals surface area (Å²) in [7, 11) is 0. The summed E-state index contributed by atoms with van der Waals surface area (Å²) in [5.74, 6) is 0.877. The Balaban J connectivity index is 1.49. The third-order valence-corrected chi connectivity index (χ3v) is 4.98. The zero-order chi connectivity index (χ0) is 13.1. The van der Waals surface area contributed by atoms with Crippen LogP contribution in [0.1, 0.15) is 49.1 Å². The molecule has 0 saturated heterocycles. The zero-order valence-corrected chi connectivity index (χ0v) is 11.9. The maximum absolute atomic E-state index is 11.9. The van der Waals surface area contributed by atoms with Gasteiger partial charge in [-0.3, -0.25) is 4.79 Å². The van der Waals surface area contributed by atoms with E-state index in [0.29, 0.717) is 13.0 Å². The van der Waals surface area contributed by atoms with Crippen LogP contribution in [-0.2, 0) is 22.6 Å². The molecule has 5 heteroatoms. The molecule has 19 heavy (non-hydrogen) atoms. The highest BCUT2D eigenvalue weighted by Crippen LogP contribution is 2.29. The molecule has 0 unspecified atom stereocenters. The Kier molecular flexibility index (Phi) is 4.13. The molecule has 1 aromatic rings. The van der Waals surface area contributed by atoms with E-state index < -0.39 is 0 Å². The van der Waals surface area contributed by atoms with Crippen LogP contribution >= 0.6 is 11.3 Å². The van der Waals surface area contributed by atoms with E-state index >= 15 is 0 Å². The van der Waals surface area contributed by atoms with Gasteiger partial charge in [-0.05, 0) is 12.3 Å². The first-order chi connectivity index (χ1) is 9.31. The SMILES string of the molecule is O=C(CCC1CCCC1)Nc1nc2c(s1)COCC2. The van der Waals surface area contributed by atoms with Crippen LogP contribution in [0.15, 0.2) is 0 Å². The number of anilines is 1. The Hall–Kier alpha value is -0.940. The number of amides is 1. The van der Waals surface area contributed by atoms with Gasteiger partial charge in [0.15, 0.2) is 5.13 Å². The molecule has 1 amide bonds. The van der Waals surface area contributed by atoms with Crippen LogP contribution in [0.25, 0.3) is 0 Å². The van der Waals surface area contributed by atoms with Gasteiger partial charge in [0.1, 0.15) is 0 Å². The van der Waals surface area contributed by atoms with Gasteiger partial charge in [-0.15, -0.1) is 0 Å². The number of hydrogen-bond donors (Lipinski definition) is 1. The second-order valence-corrected chi connectivity index (χ2v) is 6.51. The van der Waals surface area contributed by atoms with Gasteiger partial charge in [0, 0.05) is 12.8 Å². The van der Waals surface area contributed by atoms with Gasteiger partial charge in [-0.2, -0.15) is 0 Å². The summed E-state index contributed by atoms with van der Waals surface area (Å²) in [6.07, 6.45) is 7.80. The molecule has 1 saturated carbocycles. The fourth-order valence-corrected chi connectivity index (χ4v) is 3.86. The molecule has 2 aliphatic rings. The first-order valence-electron chi connectivity index (χ1n) is 7.17. The maximum atomic E-state index is 11.9. The number of nitrogens with one attached hydrogen (secondary N) is 1. The molecule has 1 aromatic heterocycles. The number of hydrogen-bond acceptors (Lipinski definition) is 4. The number of rotatable bonds is 4. The smallest absolute Gasteiger partial charge is 0.226 e. The highest BCUT2D eigenvalue weighted by molar-refractivity contribution is 7.15. The van der Waals surface area contributed by atoms with Crippen molar-refractivity contribution in [1.29, 1.82) is 0 Å². The maximum Gasteiger partial charge on any atom is 0.226 e. The summed E-state index contributed by atoms with van der Waals surface area (Å²) < 4.78 is 5.39. The Labute approximate surface area is 117 Å². The normalized spacial score (nSPS) is 19.4. The van der Waals surface area contributed by atoms with Crippen molar-refractivity contribution in [2.24, 2.45) is 5.92 Å². The highest BCUT2D eigenvalue weighted by Gasteiger charge is 2.18. The molecule has 3 rings (SSSR count). The van der Waals surface area contributed by atoms with Crippen molar-refractivity contribution in [1.82, 2.24) is 4.98 Å². The van der Waals surface area contributed by atoms with Crippen molar-refractivity contribution in [3.63, 3.8) is 0 Å². The molecule has 0 bridgehead atoms. The van der Waals surface area contributed by atoms with E-state index in [2.05, 4.69) is 10.3 Å². The number of fused-ring (bicyclic) bond motifs is 1. The van der Waals surface area contributed by atoms with E-state index in [4.69, 9.17) is 4.74 Å². The fraction of sp³-hybridized carbons (Fsp3) is 0.714. The highest BCUT2D eigenvalue weighted by atomic mass is 32.1. The van der Waals surface area contributed by atoms with Crippen LogP contribution < -0.4 is 5.32 Å². The summed E-state index contributed by atoms with van der Waals surface area (Å²) in [4.78, 5) is 17.5. The van der Waals surface area contributed by atoms with Crippen molar-refractivity contribution in [3.8, 4) is 0 Å². The second-order valence-electron chi connectivity index (χ2n) is 5.43. The molecule has 1 fully saturated rings. The summed E-state index contributed by atoms with van der Waals surface area (Å²) in [6, 6.07) is 0. The Bertz CT molecular complexity index is 429. The van der Waals surface area contributed by atoms with E-state index in [0.717, 1.165) is 41.1 Å². The topological polar surface area (TPSA) is 51.2 Å². The van der Waals surface area contributed by atoms with Gasteiger partial charge < -0.3 is 10.1 Å². The van der Waals surface area contributed by atoms with Crippen LogP contribution in [0.4, 0.5) is 5.13 Å². The summed E-state index contributed by atoms with van der Waals surface area (Å²) >= 11 is 1.55. The van der Waals surface area contributed by atoms with Gasteiger partial charge in [0.05, 0.1) is 23.8 Å². The molecule has 0 atom stereocenters. The predicted octanol–water partition coefficient (Wildman–Crippen LogP) is 3.12. The van der Waals surface area contributed by atoms with Gasteiger partial charge in [0.25, 0.3) is 0 Å². The molecular formula is C14H20N2O2S. The Morgan fingerprint density at radius 2 is 2.26 bits per heavy atom. The van der Waals surface area contributed by atoms with Crippen LogP contribution in [0.2, 0.25) is 0 Å². The van der Waals surface area contributed by atoms with Crippen molar-refractivity contribution < 1.29 is 9.53 Å². The molecular weight excluding hydrogens is 260 g/mol. The average Bonchev–Trinajstić information content (AvgIpc) is 3.04. The van der Waals surface area contributed by atoms with Gasteiger partial charge in [0.2, 0.25) is 5.91 Å². The molecule has 0 radical (unpaired) electrons. The number of thiazole rings is 1. The van der Waals surface area contributed by atoms with E-state index in [1.165, 1.54) is 25.7 Å². The van der Waals surface area contributed by atoms with Gasteiger partial charge in [-0.25, -0.2) is 4.98 Å². The van der Waals surface area contributed by atoms with E-state index in [1.54, 1.807) is 11.3 Å². The van der Waals surface area contributed by atoms with Crippen LogP contribution in [0.5, 0.6) is 0 Å². The van der Waals surface area contributed by atoms with Gasteiger partial charge >= 0.3 is 0 Å². The van der Waals surface area contributed by atoms with Crippen LogP contribution in [-0.4, -0.2) is 17.5 Å². The minimum atomic E-state index is 0.110. The fourth-order valence-electron chi connectivity index (χ4n) is 2.89. The van der Waals surface area contributed by atoms with Crippen molar-refractivity contribution in [3.05, 3.63) is 10.6 Å². The average molecular weight is 280 g/mol. The molecule has 4 nitrogen and oxygen atoms in total. The van der Waals surface area contributed by atoms with Gasteiger partial charge in [-0.1, -0.05) is 37.0 Å². The van der Waals surface area contributed by atoms with E-state index in [1.807, 2.05) is 0 Å². The minimum absolute atomic E-state index is 0.110. The third-order valence-electron chi connectivity index (χ3n) is 4.00. The lowest BCUT2D eigenvalue weighted by Gasteiger charge is -2.08. The van der Waals surface area contributed by atoms with Crippen LogP contribution in [0.3, 0.4) is 0 Å². The summed E-state index contributed by atoms with van der Waals surface area (Å²) in [5.41, 5.74) is 1.10. The predicted molar refractivity (Wildman–Crippen MR) is 75.3 cm³/mol. The number of carbonyl (C=O) groups is 1. The van der Waals surface area contributed by atoms with Crippen LogP contribution in [0, 0.1) is 5.92 Å². The Morgan fingerprint density at radius 3 is 3.05 bits per heavy atom. The summed E-state index contributed by atoms with van der Waals surface area (Å²) in [5, 5.41) is 3.68. The molecule has 104 valence electrons. The van der Waals surface area contributed by atoms with Crippen molar-refractivity contribution in [2.45, 2.75) is 51.6 Å². The monoisotopic (exact) mass is 280 g/mol. The van der Waals surface area contributed by atoms with E-state index in [9.17, 15) is 4.79 Å². The first kappa shape index (κ1) is 13.1. The zero-order valence-electron chi connectivity index (χ0n) is 11.1. The van der Waals surface area contributed by atoms with Crippen molar-refractivity contribution in [2.75, 3.05) is 11.9 Å². The number of nitrogens with zero attached hydrogens (tertiary/aromatic N) is 1. The lowest BCUT2D eigenvalue weighted by Crippen LogP contribution is -2.12. The molecule has 0 aromatic carbocycles. The molecule has 1 aliphatic heterocycles. The van der Waals surface area contributed by atoms with Crippen molar-refractivity contribution >= 4 is 22.4 Å². The largest absolute Gasteiger partial charge is 0.375 e. The third kappa shape index (κ3) is 3.34. The minimum Gasteiger partial charge on any atom is -0.375 e. The van der Waals surface area contributed by atoms with E-state index in [-0.39, 0.29) is 5.91 Å². The number of ether oxygens (including phenoxy) is 1. The molecule has 2 heterocycles. The Morgan fingerprint density at radius 1 is 1.42 bits per heavy atom. The number of aromatic nitrogens is 1.